The van der Waals surface area contributed by atoms with Crippen molar-refractivity contribution in [3.8, 4) is 0 Å². The summed E-state index contributed by atoms with van der Waals surface area (Å²) in [5.41, 5.74) is 0.715. The van der Waals surface area contributed by atoms with Crippen LogP contribution in [0.15, 0.2) is 34.2 Å². The van der Waals surface area contributed by atoms with Crippen molar-refractivity contribution in [3.05, 3.63) is 34.6 Å². The Labute approximate surface area is 163 Å². The Kier molecular flexibility index (Phi) is 5.50. The third kappa shape index (κ3) is 4.19. The third-order valence-electron chi connectivity index (χ3n) is 5.42. The summed E-state index contributed by atoms with van der Waals surface area (Å²) in [5, 5.41) is 4.47. The Balaban J connectivity index is 1.43. The van der Waals surface area contributed by atoms with E-state index < -0.39 is 0 Å². The molecule has 2 heterocycles. The molecule has 1 aromatic heterocycles. The van der Waals surface area contributed by atoms with E-state index >= 15 is 0 Å². The van der Waals surface area contributed by atoms with Crippen LogP contribution in [0.4, 0.5) is 0 Å². The largest absolute Gasteiger partial charge is 0.353 e. The number of carbonyl (C=O) groups is 1. The lowest BCUT2D eigenvalue weighted by molar-refractivity contribution is -0.119. The van der Waals surface area contributed by atoms with Gasteiger partial charge in [0.1, 0.15) is 0 Å². The van der Waals surface area contributed by atoms with Crippen LogP contribution in [0.3, 0.4) is 0 Å². The number of nitrogens with zero attached hydrogens (tertiary/aromatic N) is 3. The summed E-state index contributed by atoms with van der Waals surface area (Å²) in [5.74, 6) is 0.325. The lowest BCUT2D eigenvalue weighted by Crippen LogP contribution is -2.45. The number of carbonyl (C=O) groups excluding carboxylic acids is 1. The van der Waals surface area contributed by atoms with Gasteiger partial charge in [-0.25, -0.2) is 4.98 Å². The molecule has 0 unspecified atom stereocenters. The maximum absolute atomic E-state index is 12.9. The smallest absolute Gasteiger partial charge is 0.262 e. The van der Waals surface area contributed by atoms with E-state index in [2.05, 4.69) is 22.1 Å². The molecule has 27 heavy (non-hydrogen) atoms. The number of piperidine rings is 1. The van der Waals surface area contributed by atoms with E-state index in [1.165, 1.54) is 11.8 Å². The van der Waals surface area contributed by atoms with Crippen molar-refractivity contribution in [1.29, 1.82) is 0 Å². The van der Waals surface area contributed by atoms with Gasteiger partial charge in [-0.3, -0.25) is 14.2 Å². The van der Waals surface area contributed by atoms with Crippen LogP contribution in [-0.2, 0) is 4.79 Å². The molecule has 1 saturated heterocycles. The average molecular weight is 387 g/mol. The van der Waals surface area contributed by atoms with Gasteiger partial charge in [-0.15, -0.1) is 0 Å². The summed E-state index contributed by atoms with van der Waals surface area (Å²) in [6.45, 7) is 5.33. The monoisotopic (exact) mass is 386 g/mol. The van der Waals surface area contributed by atoms with E-state index in [1.807, 2.05) is 24.3 Å². The summed E-state index contributed by atoms with van der Waals surface area (Å²) in [6, 6.07) is 7.94. The van der Waals surface area contributed by atoms with Crippen molar-refractivity contribution >= 4 is 28.6 Å². The summed E-state index contributed by atoms with van der Waals surface area (Å²) in [4.78, 5) is 32.4. The van der Waals surface area contributed by atoms with Crippen molar-refractivity contribution in [1.82, 2.24) is 19.8 Å². The maximum Gasteiger partial charge on any atom is 0.262 e. The van der Waals surface area contributed by atoms with Crippen molar-refractivity contribution in [3.63, 3.8) is 0 Å². The Morgan fingerprint density at radius 2 is 1.96 bits per heavy atom. The van der Waals surface area contributed by atoms with Crippen LogP contribution in [-0.4, -0.2) is 51.8 Å². The minimum atomic E-state index is 0.0120. The number of amides is 1. The molecule has 0 atom stereocenters. The normalized spacial score (nSPS) is 18.7. The second-order valence-corrected chi connectivity index (χ2v) is 8.33. The van der Waals surface area contributed by atoms with E-state index in [0.717, 1.165) is 45.3 Å². The second-order valence-electron chi connectivity index (χ2n) is 7.38. The highest BCUT2D eigenvalue weighted by molar-refractivity contribution is 7.99. The van der Waals surface area contributed by atoms with Gasteiger partial charge in [0, 0.05) is 25.2 Å². The van der Waals surface area contributed by atoms with E-state index in [1.54, 1.807) is 4.57 Å². The molecule has 1 aliphatic carbocycles. The molecule has 2 aromatic rings. The zero-order chi connectivity index (χ0) is 18.8. The first-order chi connectivity index (χ1) is 13.2. The number of nitrogens with one attached hydrogen (secondary N) is 1. The second kappa shape index (κ2) is 8.02. The number of aromatic nitrogens is 2. The minimum absolute atomic E-state index is 0.0120. The Hall–Kier alpha value is -1.86. The topological polar surface area (TPSA) is 67.2 Å². The molecule has 1 saturated carbocycles. The Morgan fingerprint density at radius 1 is 1.22 bits per heavy atom. The number of rotatable bonds is 6. The van der Waals surface area contributed by atoms with Crippen LogP contribution < -0.4 is 10.9 Å². The number of likely N-dealkylation sites (tertiary alicyclic amines) is 1. The van der Waals surface area contributed by atoms with Crippen molar-refractivity contribution < 1.29 is 4.79 Å². The number of fused-ring (bicyclic) bond motifs is 1. The van der Waals surface area contributed by atoms with Gasteiger partial charge in [0.2, 0.25) is 5.91 Å². The van der Waals surface area contributed by atoms with Gasteiger partial charge in [-0.1, -0.05) is 30.8 Å². The maximum atomic E-state index is 12.9. The molecule has 1 aliphatic heterocycles. The lowest BCUT2D eigenvalue weighted by atomic mass is 10.1. The fourth-order valence-electron chi connectivity index (χ4n) is 3.68. The fraction of sp³-hybridized carbons (Fsp3) is 0.550. The van der Waals surface area contributed by atoms with Crippen molar-refractivity contribution in [2.45, 2.75) is 49.8 Å². The molecule has 0 bridgehead atoms. The first-order valence-corrected chi connectivity index (χ1v) is 10.8. The van der Waals surface area contributed by atoms with Crippen molar-refractivity contribution in [2.24, 2.45) is 0 Å². The first-order valence-electron chi connectivity index (χ1n) is 9.81. The summed E-state index contributed by atoms with van der Waals surface area (Å²) in [7, 11) is 0. The predicted molar refractivity (Wildman–Crippen MR) is 108 cm³/mol. The van der Waals surface area contributed by atoms with Gasteiger partial charge in [-0.05, 0) is 44.4 Å². The van der Waals surface area contributed by atoms with Crippen molar-refractivity contribution in [2.75, 3.05) is 25.4 Å². The average Bonchev–Trinajstić information content (AvgIpc) is 3.52. The highest BCUT2D eigenvalue weighted by Crippen LogP contribution is 2.36. The van der Waals surface area contributed by atoms with Gasteiger partial charge in [0.25, 0.3) is 5.56 Å². The van der Waals surface area contributed by atoms with E-state index in [-0.39, 0.29) is 23.6 Å². The Morgan fingerprint density at radius 3 is 2.67 bits per heavy atom. The number of thioether (sulfide) groups is 1. The highest BCUT2D eigenvalue weighted by atomic mass is 32.2. The zero-order valence-electron chi connectivity index (χ0n) is 15.7. The minimum Gasteiger partial charge on any atom is -0.353 e. The molecular weight excluding hydrogens is 360 g/mol. The first kappa shape index (κ1) is 18.5. The van der Waals surface area contributed by atoms with Crippen LogP contribution in [0.2, 0.25) is 0 Å². The fourth-order valence-corrected chi connectivity index (χ4v) is 4.55. The number of benzene rings is 1. The molecule has 6 nitrogen and oxygen atoms in total. The number of hydrogen-bond acceptors (Lipinski definition) is 5. The van der Waals surface area contributed by atoms with E-state index in [9.17, 15) is 9.59 Å². The Bertz CT molecular complexity index is 885. The van der Waals surface area contributed by atoms with E-state index in [4.69, 9.17) is 0 Å². The summed E-state index contributed by atoms with van der Waals surface area (Å²) >= 11 is 1.38. The number of para-hydroxylation sites is 1. The molecule has 4 rings (SSSR count). The van der Waals surface area contributed by atoms with Gasteiger partial charge in [-0.2, -0.15) is 0 Å². The standard InChI is InChI=1S/C20H26N4O2S/c1-2-23-11-9-14(10-12-23)21-18(25)13-27-20-22-17-6-4-3-5-16(17)19(26)24(20)15-7-8-15/h3-6,14-15H,2,7-13H2,1H3,(H,21,25). The van der Waals surface area contributed by atoms with Crippen LogP contribution in [0.5, 0.6) is 0 Å². The molecule has 7 heteroatoms. The zero-order valence-corrected chi connectivity index (χ0v) is 16.5. The van der Waals surface area contributed by atoms with Gasteiger partial charge in [0.05, 0.1) is 16.7 Å². The molecule has 2 fully saturated rings. The van der Waals surface area contributed by atoms with Crippen LogP contribution in [0, 0.1) is 0 Å². The lowest BCUT2D eigenvalue weighted by Gasteiger charge is -2.31. The molecule has 1 amide bonds. The molecule has 1 N–H and O–H groups in total. The molecule has 0 radical (unpaired) electrons. The van der Waals surface area contributed by atoms with E-state index in [0.29, 0.717) is 21.8 Å². The van der Waals surface area contributed by atoms with Gasteiger partial charge >= 0.3 is 0 Å². The molecule has 0 spiro atoms. The van der Waals surface area contributed by atoms with Crippen LogP contribution in [0.25, 0.3) is 10.9 Å². The molecule has 1 aromatic carbocycles. The highest BCUT2D eigenvalue weighted by Gasteiger charge is 2.29. The summed E-state index contributed by atoms with van der Waals surface area (Å²) < 4.78 is 1.79. The molecular formula is C20H26N4O2S. The SMILES string of the molecule is CCN1CCC(NC(=O)CSc2nc3ccccc3c(=O)n2C2CC2)CC1. The quantitative estimate of drug-likeness (QED) is 0.610. The molecule has 2 aliphatic rings. The summed E-state index contributed by atoms with van der Waals surface area (Å²) in [6.07, 6.45) is 4.03. The molecule has 144 valence electrons. The predicted octanol–water partition coefficient (Wildman–Crippen LogP) is 2.42. The van der Waals surface area contributed by atoms with Crippen LogP contribution in [0.1, 0.15) is 38.6 Å². The number of hydrogen-bond donors (Lipinski definition) is 1. The van der Waals surface area contributed by atoms with Gasteiger partial charge < -0.3 is 10.2 Å². The third-order valence-corrected chi connectivity index (χ3v) is 6.37. The van der Waals surface area contributed by atoms with Crippen LogP contribution >= 0.6 is 11.8 Å². The van der Waals surface area contributed by atoms with Gasteiger partial charge in [0.15, 0.2) is 5.16 Å².